The molecule has 1 atom stereocenters. The summed E-state index contributed by atoms with van der Waals surface area (Å²) in [6.07, 6.45) is 5.87. The van der Waals surface area contributed by atoms with Gasteiger partial charge in [0, 0.05) is 11.6 Å². The molecule has 0 radical (unpaired) electrons. The van der Waals surface area contributed by atoms with Gasteiger partial charge in [-0.2, -0.15) is 0 Å². The van der Waals surface area contributed by atoms with E-state index in [2.05, 4.69) is 58.8 Å². The molecular weight excluding hydrogens is 330 g/mol. The molecular formula is C24H27N3. The van der Waals surface area contributed by atoms with Crippen LogP contribution >= 0.6 is 0 Å². The number of nitrogens with two attached hydrogens (primary N) is 1. The Hall–Kier alpha value is -2.65. The normalized spacial score (nSPS) is 16.1. The highest BCUT2D eigenvalue weighted by molar-refractivity contribution is 5.61. The molecule has 2 aromatic carbocycles. The van der Waals surface area contributed by atoms with Crippen molar-refractivity contribution in [2.24, 2.45) is 0 Å². The summed E-state index contributed by atoms with van der Waals surface area (Å²) in [5.74, 6) is 0.563. The van der Waals surface area contributed by atoms with E-state index in [0.29, 0.717) is 11.9 Å². The van der Waals surface area contributed by atoms with E-state index in [4.69, 9.17) is 5.73 Å². The van der Waals surface area contributed by atoms with Crippen LogP contribution in [0.4, 0.5) is 5.82 Å². The van der Waals surface area contributed by atoms with Crippen molar-refractivity contribution in [2.75, 3.05) is 12.3 Å². The third-order valence-electron chi connectivity index (χ3n) is 5.44. The van der Waals surface area contributed by atoms with Gasteiger partial charge in [0.1, 0.15) is 5.82 Å². The second-order valence-corrected chi connectivity index (χ2v) is 7.41. The summed E-state index contributed by atoms with van der Waals surface area (Å²) in [6.45, 7) is 1.07. The molecule has 0 fully saturated rings. The third-order valence-corrected chi connectivity index (χ3v) is 5.44. The van der Waals surface area contributed by atoms with Crippen molar-refractivity contribution in [3.8, 4) is 11.3 Å². The second-order valence-electron chi connectivity index (χ2n) is 7.41. The topological polar surface area (TPSA) is 50.9 Å². The van der Waals surface area contributed by atoms with E-state index < -0.39 is 0 Å². The monoisotopic (exact) mass is 357 g/mol. The molecule has 1 aliphatic rings. The first-order chi connectivity index (χ1) is 13.3. The molecule has 3 N–H and O–H groups in total. The second kappa shape index (κ2) is 8.36. The molecule has 1 aliphatic carbocycles. The lowest BCUT2D eigenvalue weighted by Gasteiger charge is -2.25. The Morgan fingerprint density at radius 2 is 1.74 bits per heavy atom. The van der Waals surface area contributed by atoms with Crippen LogP contribution in [0.15, 0.2) is 66.7 Å². The van der Waals surface area contributed by atoms with E-state index in [1.807, 2.05) is 18.2 Å². The van der Waals surface area contributed by atoms with Crippen LogP contribution in [-0.2, 0) is 19.3 Å². The maximum atomic E-state index is 5.78. The van der Waals surface area contributed by atoms with Crippen LogP contribution in [0.2, 0.25) is 0 Å². The van der Waals surface area contributed by atoms with Crippen molar-refractivity contribution >= 4 is 5.82 Å². The number of rotatable bonds is 6. The minimum Gasteiger partial charge on any atom is -0.384 e. The Labute approximate surface area is 161 Å². The highest BCUT2D eigenvalue weighted by atomic mass is 14.9. The average Bonchev–Trinajstić information content (AvgIpc) is 2.71. The standard InChI is InChI=1S/C24H27N3/c25-24-9-3-8-23(27-24)20-12-10-18(11-13-20)5-4-16-26-22-15-14-19-6-1-2-7-21(19)17-22/h1-3,6-13,22,26H,4-5,14-17H2,(H2,25,27). The minimum atomic E-state index is 0.563. The van der Waals surface area contributed by atoms with Crippen LogP contribution in [0.25, 0.3) is 11.3 Å². The van der Waals surface area contributed by atoms with Gasteiger partial charge in [0.25, 0.3) is 0 Å². The Balaban J connectivity index is 1.24. The highest BCUT2D eigenvalue weighted by Crippen LogP contribution is 2.21. The molecule has 1 heterocycles. The van der Waals surface area contributed by atoms with Crippen molar-refractivity contribution in [2.45, 2.75) is 38.1 Å². The molecule has 3 nitrogen and oxygen atoms in total. The number of benzene rings is 2. The SMILES string of the molecule is Nc1cccc(-c2ccc(CCCNC3CCc4ccccc4C3)cc2)n1. The summed E-state index contributed by atoms with van der Waals surface area (Å²) in [5.41, 5.74) is 12.3. The molecule has 4 rings (SSSR count). The lowest BCUT2D eigenvalue weighted by molar-refractivity contribution is 0.454. The van der Waals surface area contributed by atoms with Crippen LogP contribution in [0, 0.1) is 0 Å². The maximum Gasteiger partial charge on any atom is 0.124 e. The van der Waals surface area contributed by atoms with Crippen molar-refractivity contribution in [3.05, 3.63) is 83.4 Å². The van der Waals surface area contributed by atoms with E-state index in [-0.39, 0.29) is 0 Å². The van der Waals surface area contributed by atoms with Gasteiger partial charge in [-0.15, -0.1) is 0 Å². The minimum absolute atomic E-state index is 0.563. The predicted molar refractivity (Wildman–Crippen MR) is 113 cm³/mol. The molecule has 27 heavy (non-hydrogen) atoms. The predicted octanol–water partition coefficient (Wildman–Crippen LogP) is 4.41. The number of aromatic nitrogens is 1. The van der Waals surface area contributed by atoms with Gasteiger partial charge in [-0.3, -0.25) is 0 Å². The van der Waals surface area contributed by atoms with Gasteiger partial charge >= 0.3 is 0 Å². The molecule has 0 saturated heterocycles. The molecule has 0 amide bonds. The fourth-order valence-electron chi connectivity index (χ4n) is 3.93. The summed E-state index contributed by atoms with van der Waals surface area (Å²) in [7, 11) is 0. The molecule has 0 bridgehead atoms. The number of hydrogen-bond acceptors (Lipinski definition) is 3. The zero-order chi connectivity index (χ0) is 18.5. The third kappa shape index (κ3) is 4.55. The van der Waals surface area contributed by atoms with Gasteiger partial charge in [0.2, 0.25) is 0 Å². The van der Waals surface area contributed by atoms with E-state index >= 15 is 0 Å². The van der Waals surface area contributed by atoms with Gasteiger partial charge in [-0.1, -0.05) is 54.6 Å². The largest absolute Gasteiger partial charge is 0.384 e. The van der Waals surface area contributed by atoms with Crippen LogP contribution in [0.1, 0.15) is 29.5 Å². The van der Waals surface area contributed by atoms with E-state index in [1.165, 1.54) is 29.5 Å². The molecule has 3 aromatic rings. The summed E-state index contributed by atoms with van der Waals surface area (Å²) < 4.78 is 0. The van der Waals surface area contributed by atoms with Crippen molar-refractivity contribution in [1.29, 1.82) is 0 Å². The molecule has 1 unspecified atom stereocenters. The molecule has 0 aliphatic heterocycles. The Kier molecular flexibility index (Phi) is 5.50. The Bertz CT molecular complexity index is 886. The first-order valence-electron chi connectivity index (χ1n) is 9.90. The lowest BCUT2D eigenvalue weighted by atomic mass is 9.88. The van der Waals surface area contributed by atoms with Gasteiger partial charge in [-0.25, -0.2) is 4.98 Å². The van der Waals surface area contributed by atoms with E-state index in [9.17, 15) is 0 Å². The number of aryl methyl sites for hydroxylation is 2. The molecule has 138 valence electrons. The lowest BCUT2D eigenvalue weighted by Crippen LogP contribution is -2.35. The fourth-order valence-corrected chi connectivity index (χ4v) is 3.93. The van der Waals surface area contributed by atoms with Gasteiger partial charge in [0.05, 0.1) is 5.69 Å². The zero-order valence-electron chi connectivity index (χ0n) is 15.7. The number of nitrogens with one attached hydrogen (secondary N) is 1. The fraction of sp³-hybridized carbons (Fsp3) is 0.292. The average molecular weight is 358 g/mol. The van der Waals surface area contributed by atoms with Gasteiger partial charge in [-0.05, 0) is 67.5 Å². The van der Waals surface area contributed by atoms with Gasteiger partial charge < -0.3 is 11.1 Å². The number of nitrogen functional groups attached to an aromatic ring is 1. The first kappa shape index (κ1) is 17.7. The summed E-state index contributed by atoms with van der Waals surface area (Å²) in [5, 5.41) is 3.75. The van der Waals surface area contributed by atoms with Crippen LogP contribution in [0.3, 0.4) is 0 Å². The smallest absolute Gasteiger partial charge is 0.124 e. The van der Waals surface area contributed by atoms with Crippen molar-refractivity contribution in [1.82, 2.24) is 10.3 Å². The number of nitrogens with zero attached hydrogens (tertiary/aromatic N) is 1. The molecule has 0 spiro atoms. The first-order valence-corrected chi connectivity index (χ1v) is 9.90. The molecule has 1 aromatic heterocycles. The van der Waals surface area contributed by atoms with Crippen molar-refractivity contribution < 1.29 is 0 Å². The van der Waals surface area contributed by atoms with Crippen LogP contribution in [-0.4, -0.2) is 17.6 Å². The van der Waals surface area contributed by atoms with Crippen molar-refractivity contribution in [3.63, 3.8) is 0 Å². The maximum absolute atomic E-state index is 5.78. The molecule has 3 heteroatoms. The summed E-state index contributed by atoms with van der Waals surface area (Å²) >= 11 is 0. The highest BCUT2D eigenvalue weighted by Gasteiger charge is 2.17. The van der Waals surface area contributed by atoms with Crippen LogP contribution in [0.5, 0.6) is 0 Å². The van der Waals surface area contributed by atoms with Gasteiger partial charge in [0.15, 0.2) is 0 Å². The number of hydrogen-bond donors (Lipinski definition) is 2. The zero-order valence-corrected chi connectivity index (χ0v) is 15.7. The quantitative estimate of drug-likeness (QED) is 0.643. The number of pyridine rings is 1. The van der Waals surface area contributed by atoms with Crippen LogP contribution < -0.4 is 11.1 Å². The summed E-state index contributed by atoms with van der Waals surface area (Å²) in [6, 6.07) is 23.9. The Morgan fingerprint density at radius 1 is 0.926 bits per heavy atom. The molecule has 0 saturated carbocycles. The summed E-state index contributed by atoms with van der Waals surface area (Å²) in [4.78, 5) is 4.38. The van der Waals surface area contributed by atoms with E-state index in [1.54, 1.807) is 0 Å². The number of anilines is 1. The van der Waals surface area contributed by atoms with E-state index in [0.717, 1.165) is 37.1 Å². The Morgan fingerprint density at radius 3 is 2.56 bits per heavy atom. The number of fused-ring (bicyclic) bond motifs is 1.